The predicted octanol–water partition coefficient (Wildman–Crippen LogP) is 3.26. The number of amides is 1. The van der Waals surface area contributed by atoms with Gasteiger partial charge in [-0.05, 0) is 30.3 Å². The van der Waals surface area contributed by atoms with Crippen molar-refractivity contribution < 1.29 is 9.18 Å². The van der Waals surface area contributed by atoms with Crippen LogP contribution < -0.4 is 4.90 Å². The first-order valence-electron chi connectivity index (χ1n) is 5.24. The van der Waals surface area contributed by atoms with Gasteiger partial charge in [0.1, 0.15) is 11.6 Å². The Morgan fingerprint density at radius 1 is 1.33 bits per heavy atom. The molecule has 0 saturated carbocycles. The molecular formula is C13H10BrFN2O. The molecule has 2 aromatic rings. The standard InChI is InChI=1S/C13H10BrFN2O/c1-17(12-4-2-3-7-16-12)13(18)10-6-5-9(14)8-11(10)15/h2-8H,1H3. The molecule has 0 aliphatic heterocycles. The first-order chi connectivity index (χ1) is 8.59. The summed E-state index contributed by atoms with van der Waals surface area (Å²) >= 11 is 3.15. The van der Waals surface area contributed by atoms with Crippen molar-refractivity contribution in [3.8, 4) is 0 Å². The summed E-state index contributed by atoms with van der Waals surface area (Å²) in [7, 11) is 1.56. The Hall–Kier alpha value is -1.75. The molecule has 1 aromatic carbocycles. The molecule has 1 heterocycles. The van der Waals surface area contributed by atoms with E-state index in [4.69, 9.17) is 0 Å². The molecule has 0 aliphatic carbocycles. The van der Waals surface area contributed by atoms with Gasteiger partial charge in [0, 0.05) is 17.7 Å². The van der Waals surface area contributed by atoms with Crippen molar-refractivity contribution >= 4 is 27.7 Å². The summed E-state index contributed by atoms with van der Waals surface area (Å²) in [5, 5.41) is 0. The Bertz CT molecular complexity index is 574. The van der Waals surface area contributed by atoms with Crippen LogP contribution >= 0.6 is 15.9 Å². The van der Waals surface area contributed by atoms with Crippen molar-refractivity contribution in [2.45, 2.75) is 0 Å². The molecule has 0 unspecified atom stereocenters. The van der Waals surface area contributed by atoms with Crippen LogP contribution in [0, 0.1) is 5.82 Å². The Labute approximate surface area is 112 Å². The number of halogens is 2. The lowest BCUT2D eigenvalue weighted by molar-refractivity contribution is 0.0988. The van der Waals surface area contributed by atoms with Gasteiger partial charge in [-0.1, -0.05) is 22.0 Å². The summed E-state index contributed by atoms with van der Waals surface area (Å²) in [6.07, 6.45) is 1.58. The summed E-state index contributed by atoms with van der Waals surface area (Å²) in [4.78, 5) is 17.5. The van der Waals surface area contributed by atoms with Crippen molar-refractivity contribution in [3.05, 3.63) is 58.4 Å². The quantitative estimate of drug-likeness (QED) is 0.853. The number of aromatic nitrogens is 1. The summed E-state index contributed by atoms with van der Waals surface area (Å²) in [5.41, 5.74) is 0.0198. The van der Waals surface area contributed by atoms with E-state index in [-0.39, 0.29) is 5.56 Å². The van der Waals surface area contributed by atoms with Gasteiger partial charge in [0.15, 0.2) is 0 Å². The zero-order chi connectivity index (χ0) is 13.1. The normalized spacial score (nSPS) is 10.2. The number of nitrogens with zero attached hydrogens (tertiary/aromatic N) is 2. The number of pyridine rings is 1. The fraction of sp³-hybridized carbons (Fsp3) is 0.0769. The fourth-order valence-corrected chi connectivity index (χ4v) is 1.83. The van der Waals surface area contributed by atoms with E-state index in [1.165, 1.54) is 17.0 Å². The Morgan fingerprint density at radius 2 is 2.11 bits per heavy atom. The summed E-state index contributed by atoms with van der Waals surface area (Å²) < 4.78 is 14.3. The molecule has 0 bridgehead atoms. The van der Waals surface area contributed by atoms with Crippen LogP contribution in [0.1, 0.15) is 10.4 Å². The molecule has 92 valence electrons. The fourth-order valence-electron chi connectivity index (χ4n) is 1.50. The molecule has 3 nitrogen and oxygen atoms in total. The third kappa shape index (κ3) is 2.56. The molecule has 0 atom stereocenters. The molecule has 18 heavy (non-hydrogen) atoms. The minimum Gasteiger partial charge on any atom is -0.296 e. The topological polar surface area (TPSA) is 33.2 Å². The van der Waals surface area contributed by atoms with Gasteiger partial charge in [-0.25, -0.2) is 9.37 Å². The maximum atomic E-state index is 13.7. The SMILES string of the molecule is CN(C(=O)c1ccc(Br)cc1F)c1ccccn1. The molecular weight excluding hydrogens is 299 g/mol. The third-order valence-electron chi connectivity index (χ3n) is 2.46. The minimum absolute atomic E-state index is 0.0198. The maximum absolute atomic E-state index is 13.7. The highest BCUT2D eigenvalue weighted by atomic mass is 79.9. The Balaban J connectivity index is 2.32. The molecule has 0 aliphatic rings. The largest absolute Gasteiger partial charge is 0.296 e. The van der Waals surface area contributed by atoms with Crippen molar-refractivity contribution in [3.63, 3.8) is 0 Å². The van der Waals surface area contributed by atoms with Gasteiger partial charge >= 0.3 is 0 Å². The second-order valence-electron chi connectivity index (χ2n) is 3.68. The number of benzene rings is 1. The van der Waals surface area contributed by atoms with Crippen LogP contribution in [-0.2, 0) is 0 Å². The van der Waals surface area contributed by atoms with Crippen LogP contribution in [0.3, 0.4) is 0 Å². The Kier molecular flexibility index (Phi) is 3.72. The van der Waals surface area contributed by atoms with Gasteiger partial charge in [0.05, 0.1) is 5.56 Å². The Morgan fingerprint density at radius 3 is 2.72 bits per heavy atom. The first-order valence-corrected chi connectivity index (χ1v) is 6.03. The average Bonchev–Trinajstić information content (AvgIpc) is 2.38. The van der Waals surface area contributed by atoms with Crippen LogP contribution in [0.4, 0.5) is 10.2 Å². The lowest BCUT2D eigenvalue weighted by Gasteiger charge is -2.16. The van der Waals surface area contributed by atoms with Crippen molar-refractivity contribution in [2.75, 3.05) is 11.9 Å². The molecule has 1 aromatic heterocycles. The first kappa shape index (κ1) is 12.7. The smallest absolute Gasteiger partial charge is 0.262 e. The lowest BCUT2D eigenvalue weighted by Crippen LogP contribution is -2.27. The van der Waals surface area contributed by atoms with Crippen molar-refractivity contribution in [2.24, 2.45) is 0 Å². The summed E-state index contributed by atoms with van der Waals surface area (Å²) in [5.74, 6) is -0.513. The molecule has 1 amide bonds. The van der Waals surface area contributed by atoms with E-state index >= 15 is 0 Å². The van der Waals surface area contributed by atoms with Gasteiger partial charge < -0.3 is 0 Å². The van der Waals surface area contributed by atoms with Gasteiger partial charge in [0.25, 0.3) is 5.91 Å². The summed E-state index contributed by atoms with van der Waals surface area (Å²) in [6, 6.07) is 9.55. The van der Waals surface area contributed by atoms with E-state index in [0.717, 1.165) is 0 Å². The molecule has 0 spiro atoms. The number of hydrogen-bond acceptors (Lipinski definition) is 2. The van der Waals surface area contributed by atoms with E-state index in [1.54, 1.807) is 37.5 Å². The highest BCUT2D eigenvalue weighted by Crippen LogP contribution is 2.18. The van der Waals surface area contributed by atoms with E-state index < -0.39 is 11.7 Å². The van der Waals surface area contributed by atoms with Crippen LogP contribution in [0.25, 0.3) is 0 Å². The van der Waals surface area contributed by atoms with E-state index in [2.05, 4.69) is 20.9 Å². The summed E-state index contributed by atoms with van der Waals surface area (Å²) in [6.45, 7) is 0. The number of rotatable bonds is 2. The molecule has 2 rings (SSSR count). The van der Waals surface area contributed by atoms with Crippen LogP contribution in [0.2, 0.25) is 0 Å². The second kappa shape index (κ2) is 5.27. The van der Waals surface area contributed by atoms with Crippen LogP contribution in [0.15, 0.2) is 47.1 Å². The molecule has 0 N–H and O–H groups in total. The number of carbonyl (C=O) groups excluding carboxylic acids is 1. The predicted molar refractivity (Wildman–Crippen MR) is 71.1 cm³/mol. The average molecular weight is 309 g/mol. The number of hydrogen-bond donors (Lipinski definition) is 0. The van der Waals surface area contributed by atoms with Crippen molar-refractivity contribution in [1.29, 1.82) is 0 Å². The minimum atomic E-state index is -0.558. The van der Waals surface area contributed by atoms with Crippen LogP contribution in [0.5, 0.6) is 0 Å². The maximum Gasteiger partial charge on any atom is 0.262 e. The van der Waals surface area contributed by atoms with Crippen LogP contribution in [-0.4, -0.2) is 17.9 Å². The molecule has 5 heteroatoms. The van der Waals surface area contributed by atoms with Gasteiger partial charge in [-0.3, -0.25) is 9.69 Å². The van der Waals surface area contributed by atoms with E-state index in [9.17, 15) is 9.18 Å². The van der Waals surface area contributed by atoms with Gasteiger partial charge in [0.2, 0.25) is 0 Å². The number of anilines is 1. The van der Waals surface area contributed by atoms with Gasteiger partial charge in [-0.2, -0.15) is 0 Å². The highest BCUT2D eigenvalue weighted by Gasteiger charge is 2.18. The van der Waals surface area contributed by atoms with E-state index in [1.807, 2.05) is 0 Å². The third-order valence-corrected chi connectivity index (χ3v) is 2.95. The zero-order valence-corrected chi connectivity index (χ0v) is 11.2. The monoisotopic (exact) mass is 308 g/mol. The molecule has 0 fully saturated rings. The van der Waals surface area contributed by atoms with E-state index in [0.29, 0.717) is 10.3 Å². The lowest BCUT2D eigenvalue weighted by atomic mass is 10.2. The van der Waals surface area contributed by atoms with Crippen molar-refractivity contribution in [1.82, 2.24) is 4.98 Å². The molecule has 0 saturated heterocycles. The van der Waals surface area contributed by atoms with Gasteiger partial charge in [-0.15, -0.1) is 0 Å². The number of carbonyl (C=O) groups is 1. The second-order valence-corrected chi connectivity index (χ2v) is 4.59. The highest BCUT2D eigenvalue weighted by molar-refractivity contribution is 9.10. The zero-order valence-electron chi connectivity index (χ0n) is 9.60. The molecule has 0 radical (unpaired) electrons.